The predicted octanol–water partition coefficient (Wildman–Crippen LogP) is 3.34. The summed E-state index contributed by atoms with van der Waals surface area (Å²) in [6.45, 7) is 3.79. The third-order valence-electron chi connectivity index (χ3n) is 3.77. The first-order chi connectivity index (χ1) is 10.5. The van der Waals surface area contributed by atoms with Crippen LogP contribution in [0.4, 0.5) is 8.78 Å². The minimum Gasteiger partial charge on any atom is -0.611 e. The van der Waals surface area contributed by atoms with E-state index in [0.29, 0.717) is 17.4 Å². The number of nitrogens with zero attached hydrogens (tertiary/aromatic N) is 3. The Morgan fingerprint density at radius 3 is 2.64 bits per heavy atom. The monoisotopic (exact) mass is 325 g/mol. The lowest BCUT2D eigenvalue weighted by atomic mass is 10.1. The van der Waals surface area contributed by atoms with Crippen molar-refractivity contribution in [2.75, 3.05) is 5.75 Å². The topological polar surface area (TPSA) is 53.8 Å². The number of hydrogen-bond donors (Lipinski definition) is 0. The Kier molecular flexibility index (Phi) is 4.18. The molecule has 0 radical (unpaired) electrons. The molecule has 1 aliphatic rings. The molecule has 1 fully saturated rings. The molecule has 0 N–H and O–H groups in total. The SMILES string of the molecule is Cc1cc(C)c([S+]([O-])CC2CC2)cc1-n1cnc(C(F)F)n1. The highest BCUT2D eigenvalue weighted by Gasteiger charge is 2.29. The van der Waals surface area contributed by atoms with Crippen LogP contribution < -0.4 is 0 Å². The van der Waals surface area contributed by atoms with Gasteiger partial charge in [0.15, 0.2) is 4.90 Å². The Balaban J connectivity index is 1.95. The maximum Gasteiger partial charge on any atom is 0.299 e. The first-order valence-corrected chi connectivity index (χ1v) is 8.47. The van der Waals surface area contributed by atoms with Crippen LogP contribution in [0.5, 0.6) is 0 Å². The molecule has 0 bridgehead atoms. The molecule has 0 amide bonds. The molecule has 3 rings (SSSR count). The lowest BCUT2D eigenvalue weighted by Gasteiger charge is -2.15. The minimum absolute atomic E-state index is 0.499. The summed E-state index contributed by atoms with van der Waals surface area (Å²) in [7, 11) is 0. The zero-order valence-corrected chi connectivity index (χ0v) is 13.2. The Morgan fingerprint density at radius 1 is 1.32 bits per heavy atom. The standard InChI is InChI=1S/C15H17F2N3OS/c1-9-5-10(2)13(22(21)7-11-3-4-11)6-12(9)20-8-18-15(19-20)14(16)17/h5-6,8,11,14H,3-4,7H2,1-2H3. The van der Waals surface area contributed by atoms with E-state index >= 15 is 0 Å². The number of hydrogen-bond acceptors (Lipinski definition) is 3. The maximum absolute atomic E-state index is 12.6. The van der Waals surface area contributed by atoms with Crippen molar-refractivity contribution < 1.29 is 13.3 Å². The van der Waals surface area contributed by atoms with Crippen LogP contribution in [0.2, 0.25) is 0 Å². The highest BCUT2D eigenvalue weighted by molar-refractivity contribution is 7.91. The van der Waals surface area contributed by atoms with Gasteiger partial charge in [-0.2, -0.15) is 0 Å². The molecule has 2 aromatic rings. The van der Waals surface area contributed by atoms with Gasteiger partial charge < -0.3 is 4.55 Å². The fourth-order valence-electron chi connectivity index (χ4n) is 2.39. The summed E-state index contributed by atoms with van der Waals surface area (Å²) in [4.78, 5) is 4.37. The maximum atomic E-state index is 12.6. The fourth-order valence-corrected chi connectivity index (χ4v) is 4.00. The number of halogens is 2. The molecule has 1 unspecified atom stereocenters. The number of alkyl halides is 2. The van der Waals surface area contributed by atoms with Gasteiger partial charge in [0.25, 0.3) is 6.43 Å². The number of aryl methyl sites for hydroxylation is 2. The van der Waals surface area contributed by atoms with E-state index in [9.17, 15) is 13.3 Å². The first kappa shape index (κ1) is 15.4. The van der Waals surface area contributed by atoms with E-state index in [1.54, 1.807) is 6.07 Å². The lowest BCUT2D eigenvalue weighted by molar-refractivity contribution is 0.140. The Bertz CT molecular complexity index is 685. The van der Waals surface area contributed by atoms with Gasteiger partial charge in [-0.3, -0.25) is 0 Å². The zero-order chi connectivity index (χ0) is 15.9. The van der Waals surface area contributed by atoms with E-state index < -0.39 is 23.4 Å². The summed E-state index contributed by atoms with van der Waals surface area (Å²) in [6.07, 6.45) is 0.858. The van der Waals surface area contributed by atoms with Crippen molar-refractivity contribution in [1.82, 2.24) is 14.8 Å². The minimum atomic E-state index is -2.70. The van der Waals surface area contributed by atoms with Crippen LogP contribution in [0, 0.1) is 19.8 Å². The molecule has 0 saturated heterocycles. The van der Waals surface area contributed by atoms with Crippen molar-refractivity contribution in [3.8, 4) is 5.69 Å². The van der Waals surface area contributed by atoms with E-state index in [2.05, 4.69) is 10.1 Å². The van der Waals surface area contributed by atoms with Crippen LogP contribution in [0.3, 0.4) is 0 Å². The normalized spacial score (nSPS) is 16.3. The van der Waals surface area contributed by atoms with E-state index in [-0.39, 0.29) is 0 Å². The van der Waals surface area contributed by atoms with Gasteiger partial charge in [-0.05, 0) is 49.5 Å². The lowest BCUT2D eigenvalue weighted by Crippen LogP contribution is -2.12. The summed E-state index contributed by atoms with van der Waals surface area (Å²) >= 11 is -1.07. The van der Waals surface area contributed by atoms with E-state index in [1.807, 2.05) is 19.9 Å². The summed E-state index contributed by atoms with van der Waals surface area (Å²) in [6, 6.07) is 3.70. The van der Waals surface area contributed by atoms with Gasteiger partial charge in [0.2, 0.25) is 5.82 Å². The summed E-state index contributed by atoms with van der Waals surface area (Å²) in [5.74, 6) is 0.727. The van der Waals surface area contributed by atoms with Gasteiger partial charge in [-0.25, -0.2) is 18.4 Å². The fraction of sp³-hybridized carbons (Fsp3) is 0.467. The van der Waals surface area contributed by atoms with E-state index in [1.165, 1.54) is 11.0 Å². The molecular formula is C15H17F2N3OS. The summed E-state index contributed by atoms with van der Waals surface area (Å²) in [5.41, 5.74) is 2.48. The molecule has 1 heterocycles. The molecule has 4 nitrogen and oxygen atoms in total. The molecule has 0 aliphatic heterocycles. The largest absolute Gasteiger partial charge is 0.611 e. The molecule has 1 atom stereocenters. The third kappa shape index (κ3) is 3.15. The van der Waals surface area contributed by atoms with Crippen LogP contribution in [-0.4, -0.2) is 25.1 Å². The van der Waals surface area contributed by atoms with Crippen molar-refractivity contribution in [2.45, 2.75) is 38.0 Å². The second kappa shape index (κ2) is 5.96. The van der Waals surface area contributed by atoms with Crippen LogP contribution in [-0.2, 0) is 11.2 Å². The Morgan fingerprint density at radius 2 is 2.05 bits per heavy atom. The molecule has 7 heteroatoms. The van der Waals surface area contributed by atoms with Gasteiger partial charge in [-0.1, -0.05) is 0 Å². The van der Waals surface area contributed by atoms with E-state index in [4.69, 9.17) is 0 Å². The summed E-state index contributed by atoms with van der Waals surface area (Å²) < 4.78 is 39.1. The number of rotatable bonds is 5. The van der Waals surface area contributed by atoms with Crippen LogP contribution in [0.15, 0.2) is 23.4 Å². The van der Waals surface area contributed by atoms with Crippen molar-refractivity contribution >= 4 is 11.2 Å². The third-order valence-corrected chi connectivity index (χ3v) is 5.48. The molecule has 1 aromatic carbocycles. The van der Waals surface area contributed by atoms with Crippen LogP contribution in [0.25, 0.3) is 5.69 Å². The average molecular weight is 325 g/mol. The van der Waals surface area contributed by atoms with Gasteiger partial charge in [-0.15, -0.1) is 5.10 Å². The number of aromatic nitrogens is 3. The molecule has 1 saturated carbocycles. The molecule has 0 spiro atoms. The van der Waals surface area contributed by atoms with Gasteiger partial charge >= 0.3 is 0 Å². The molecule has 1 aromatic heterocycles. The Hall–Kier alpha value is -1.47. The zero-order valence-electron chi connectivity index (χ0n) is 12.4. The van der Waals surface area contributed by atoms with Crippen molar-refractivity contribution in [1.29, 1.82) is 0 Å². The molecule has 118 valence electrons. The average Bonchev–Trinajstić information content (AvgIpc) is 3.12. The van der Waals surface area contributed by atoms with Crippen LogP contribution in [0.1, 0.15) is 36.2 Å². The molecule has 22 heavy (non-hydrogen) atoms. The second-order valence-corrected chi connectivity index (χ2v) is 7.17. The smallest absolute Gasteiger partial charge is 0.299 e. The van der Waals surface area contributed by atoms with Crippen molar-refractivity contribution in [3.63, 3.8) is 0 Å². The van der Waals surface area contributed by atoms with Crippen LogP contribution >= 0.6 is 0 Å². The number of benzene rings is 1. The van der Waals surface area contributed by atoms with Gasteiger partial charge in [0.05, 0.1) is 5.69 Å². The molecule has 1 aliphatic carbocycles. The quantitative estimate of drug-likeness (QED) is 0.792. The second-order valence-electron chi connectivity index (χ2n) is 5.71. The highest BCUT2D eigenvalue weighted by atomic mass is 32.2. The van der Waals surface area contributed by atoms with Crippen molar-refractivity contribution in [2.24, 2.45) is 5.92 Å². The molecular weight excluding hydrogens is 308 g/mol. The van der Waals surface area contributed by atoms with E-state index in [0.717, 1.165) is 28.9 Å². The summed E-state index contributed by atoms with van der Waals surface area (Å²) in [5, 5.41) is 3.80. The highest BCUT2D eigenvalue weighted by Crippen LogP contribution is 2.34. The predicted molar refractivity (Wildman–Crippen MR) is 79.8 cm³/mol. The first-order valence-electron chi connectivity index (χ1n) is 7.15. The van der Waals surface area contributed by atoms with Gasteiger partial charge in [0.1, 0.15) is 12.1 Å². The van der Waals surface area contributed by atoms with Gasteiger partial charge in [0, 0.05) is 17.5 Å². The van der Waals surface area contributed by atoms with Crippen molar-refractivity contribution in [3.05, 3.63) is 35.4 Å². The Labute approximate surface area is 130 Å².